The van der Waals surface area contributed by atoms with Crippen molar-refractivity contribution in [3.8, 4) is 5.75 Å². The first-order valence-corrected chi connectivity index (χ1v) is 8.27. The van der Waals surface area contributed by atoms with Gasteiger partial charge >= 0.3 is 0 Å². The standard InChI is InChI=1S/C22H21NO/c1-15-18(12-16-6-4-5-7-21(15)16)13-19-9-8-17-14-20(24-3)10-11-22(17)23(19)2/h4-11,13-14H,12H2,1-3H3/b19-13+. The molecule has 24 heavy (non-hydrogen) atoms. The molecule has 2 aliphatic rings. The average Bonchev–Trinajstić information content (AvgIpc) is 2.93. The second-order valence-electron chi connectivity index (χ2n) is 6.37. The van der Waals surface area contributed by atoms with Gasteiger partial charge in [0.05, 0.1) is 7.11 Å². The van der Waals surface area contributed by atoms with Crippen molar-refractivity contribution in [1.82, 2.24) is 0 Å². The monoisotopic (exact) mass is 315 g/mol. The Hall–Kier alpha value is -2.74. The van der Waals surface area contributed by atoms with Gasteiger partial charge in [-0.05, 0) is 66.0 Å². The first-order chi connectivity index (χ1) is 11.7. The molecule has 0 radical (unpaired) electrons. The number of allylic oxidation sites excluding steroid dienone is 4. The zero-order valence-corrected chi connectivity index (χ0v) is 14.3. The van der Waals surface area contributed by atoms with Crippen molar-refractivity contribution in [3.63, 3.8) is 0 Å². The normalized spacial score (nSPS) is 17.3. The number of hydrogen-bond donors (Lipinski definition) is 0. The minimum Gasteiger partial charge on any atom is -0.497 e. The van der Waals surface area contributed by atoms with E-state index in [2.05, 4.69) is 73.5 Å². The molecule has 0 N–H and O–H groups in total. The lowest BCUT2D eigenvalue weighted by Crippen LogP contribution is -2.18. The van der Waals surface area contributed by atoms with Gasteiger partial charge in [-0.3, -0.25) is 0 Å². The predicted octanol–water partition coefficient (Wildman–Crippen LogP) is 5.07. The van der Waals surface area contributed by atoms with E-state index in [0.29, 0.717) is 0 Å². The molecule has 1 heterocycles. The summed E-state index contributed by atoms with van der Waals surface area (Å²) < 4.78 is 5.33. The van der Waals surface area contributed by atoms with Crippen molar-refractivity contribution in [1.29, 1.82) is 0 Å². The van der Waals surface area contributed by atoms with Gasteiger partial charge < -0.3 is 9.64 Å². The van der Waals surface area contributed by atoms with Gasteiger partial charge in [0.15, 0.2) is 0 Å². The minimum absolute atomic E-state index is 0.893. The number of nitrogens with zero attached hydrogens (tertiary/aromatic N) is 1. The molecule has 2 aromatic carbocycles. The molecule has 0 spiro atoms. The molecular weight excluding hydrogens is 294 g/mol. The van der Waals surface area contributed by atoms with Crippen LogP contribution in [0.3, 0.4) is 0 Å². The first-order valence-electron chi connectivity index (χ1n) is 8.27. The maximum Gasteiger partial charge on any atom is 0.119 e. The molecular formula is C22H21NO. The molecule has 0 amide bonds. The Morgan fingerprint density at radius 1 is 1.08 bits per heavy atom. The number of likely N-dealkylation sites (N-methyl/N-ethyl adjacent to an activating group) is 1. The molecule has 0 aromatic heterocycles. The summed E-state index contributed by atoms with van der Waals surface area (Å²) in [5.41, 5.74) is 9.22. The number of rotatable bonds is 2. The summed E-state index contributed by atoms with van der Waals surface area (Å²) in [6.45, 7) is 2.23. The quantitative estimate of drug-likeness (QED) is 0.767. The lowest BCUT2D eigenvalue weighted by Gasteiger charge is -2.27. The maximum absolute atomic E-state index is 5.33. The second-order valence-corrected chi connectivity index (χ2v) is 6.37. The van der Waals surface area contributed by atoms with E-state index < -0.39 is 0 Å². The predicted molar refractivity (Wildman–Crippen MR) is 101 cm³/mol. The van der Waals surface area contributed by atoms with Crippen LogP contribution in [0.4, 0.5) is 5.69 Å². The zero-order valence-electron chi connectivity index (χ0n) is 14.3. The molecule has 120 valence electrons. The number of ether oxygens (including phenoxy) is 1. The van der Waals surface area contributed by atoms with Gasteiger partial charge in [-0.1, -0.05) is 30.3 Å². The molecule has 1 aliphatic heterocycles. The highest BCUT2D eigenvalue weighted by atomic mass is 16.5. The lowest BCUT2D eigenvalue weighted by molar-refractivity contribution is 0.414. The van der Waals surface area contributed by atoms with Gasteiger partial charge in [-0.15, -0.1) is 0 Å². The fourth-order valence-electron chi connectivity index (χ4n) is 3.56. The Labute approximate surface area is 143 Å². The Kier molecular flexibility index (Phi) is 3.53. The van der Waals surface area contributed by atoms with E-state index in [9.17, 15) is 0 Å². The number of methoxy groups -OCH3 is 1. The molecule has 0 fully saturated rings. The van der Waals surface area contributed by atoms with Crippen LogP contribution in [0.2, 0.25) is 0 Å². The number of hydrogen-bond acceptors (Lipinski definition) is 2. The Balaban J connectivity index is 1.70. The third-order valence-electron chi connectivity index (χ3n) is 5.02. The summed E-state index contributed by atoms with van der Waals surface area (Å²) in [7, 11) is 3.83. The van der Waals surface area contributed by atoms with Crippen LogP contribution in [0.25, 0.3) is 11.6 Å². The van der Waals surface area contributed by atoms with E-state index in [-0.39, 0.29) is 0 Å². The molecule has 0 saturated carbocycles. The Morgan fingerprint density at radius 3 is 2.71 bits per heavy atom. The molecule has 0 saturated heterocycles. The van der Waals surface area contributed by atoms with Crippen LogP contribution < -0.4 is 9.64 Å². The zero-order chi connectivity index (χ0) is 16.7. The number of benzene rings is 2. The highest BCUT2D eigenvalue weighted by molar-refractivity contribution is 5.81. The van der Waals surface area contributed by atoms with Crippen LogP contribution >= 0.6 is 0 Å². The topological polar surface area (TPSA) is 12.5 Å². The molecule has 2 nitrogen and oxygen atoms in total. The minimum atomic E-state index is 0.893. The van der Waals surface area contributed by atoms with E-state index in [1.165, 1.54) is 39.2 Å². The first kappa shape index (κ1) is 14.8. The molecule has 0 unspecified atom stereocenters. The second kappa shape index (κ2) is 5.72. The summed E-state index contributed by atoms with van der Waals surface area (Å²) in [6, 6.07) is 14.9. The van der Waals surface area contributed by atoms with E-state index in [0.717, 1.165) is 12.2 Å². The molecule has 2 heteroatoms. The highest BCUT2D eigenvalue weighted by Crippen LogP contribution is 2.36. The fraction of sp³-hybridized carbons (Fsp3) is 0.182. The molecule has 0 bridgehead atoms. The van der Waals surface area contributed by atoms with Crippen LogP contribution in [-0.4, -0.2) is 14.2 Å². The third kappa shape index (κ3) is 2.35. The maximum atomic E-state index is 5.33. The van der Waals surface area contributed by atoms with Crippen molar-refractivity contribution in [2.24, 2.45) is 0 Å². The largest absolute Gasteiger partial charge is 0.497 e. The average molecular weight is 315 g/mol. The van der Waals surface area contributed by atoms with Crippen molar-refractivity contribution < 1.29 is 4.74 Å². The number of anilines is 1. The van der Waals surface area contributed by atoms with Gasteiger partial charge in [-0.25, -0.2) is 0 Å². The summed E-state index contributed by atoms with van der Waals surface area (Å²) in [6.07, 6.45) is 7.69. The summed E-state index contributed by atoms with van der Waals surface area (Å²) in [5, 5.41) is 0. The third-order valence-corrected chi connectivity index (χ3v) is 5.02. The van der Waals surface area contributed by atoms with Crippen molar-refractivity contribution in [3.05, 3.63) is 82.6 Å². The van der Waals surface area contributed by atoms with Gasteiger partial charge in [0.25, 0.3) is 0 Å². The Bertz CT molecular complexity index is 902. The van der Waals surface area contributed by atoms with Crippen LogP contribution in [0.5, 0.6) is 5.75 Å². The SMILES string of the molecule is COc1ccc2c(c1)C=C/C(=C\C1=C(C)c3ccccc3C1)N2C. The highest BCUT2D eigenvalue weighted by Gasteiger charge is 2.19. The summed E-state index contributed by atoms with van der Waals surface area (Å²) in [4.78, 5) is 2.25. The van der Waals surface area contributed by atoms with Crippen LogP contribution in [0.15, 0.2) is 65.9 Å². The van der Waals surface area contributed by atoms with E-state index in [1.54, 1.807) is 7.11 Å². The summed E-state index contributed by atoms with van der Waals surface area (Å²) in [5.74, 6) is 0.893. The smallest absolute Gasteiger partial charge is 0.119 e. The molecule has 1 aliphatic carbocycles. The van der Waals surface area contributed by atoms with E-state index in [4.69, 9.17) is 4.74 Å². The molecule has 4 rings (SSSR count). The fourth-order valence-corrected chi connectivity index (χ4v) is 3.56. The van der Waals surface area contributed by atoms with Crippen LogP contribution in [0.1, 0.15) is 23.6 Å². The lowest BCUT2D eigenvalue weighted by atomic mass is 10.0. The van der Waals surface area contributed by atoms with Crippen LogP contribution in [0, 0.1) is 0 Å². The van der Waals surface area contributed by atoms with Crippen molar-refractivity contribution in [2.45, 2.75) is 13.3 Å². The number of fused-ring (bicyclic) bond motifs is 2. The van der Waals surface area contributed by atoms with Gasteiger partial charge in [0.2, 0.25) is 0 Å². The van der Waals surface area contributed by atoms with Gasteiger partial charge in [0.1, 0.15) is 5.75 Å². The van der Waals surface area contributed by atoms with E-state index in [1.807, 2.05) is 6.07 Å². The molecule has 0 atom stereocenters. The molecule has 2 aromatic rings. The van der Waals surface area contributed by atoms with Gasteiger partial charge in [0, 0.05) is 24.0 Å². The van der Waals surface area contributed by atoms with Crippen molar-refractivity contribution >= 4 is 17.3 Å². The van der Waals surface area contributed by atoms with Crippen molar-refractivity contribution in [2.75, 3.05) is 19.1 Å². The van der Waals surface area contributed by atoms with Crippen LogP contribution in [-0.2, 0) is 6.42 Å². The van der Waals surface area contributed by atoms with Gasteiger partial charge in [-0.2, -0.15) is 0 Å². The summed E-state index contributed by atoms with van der Waals surface area (Å²) >= 11 is 0. The van der Waals surface area contributed by atoms with E-state index >= 15 is 0 Å². The Morgan fingerprint density at radius 2 is 1.92 bits per heavy atom.